The Balaban J connectivity index is 1.94. The fourth-order valence-electron chi connectivity index (χ4n) is 3.11. The van der Waals surface area contributed by atoms with E-state index in [1.807, 2.05) is 6.92 Å². The maximum atomic E-state index is 10.2. The van der Waals surface area contributed by atoms with Crippen LogP contribution in [-0.4, -0.2) is 17.3 Å². The van der Waals surface area contributed by atoms with E-state index in [2.05, 4.69) is 43.3 Å². The van der Waals surface area contributed by atoms with Gasteiger partial charge in [-0.2, -0.15) is 0 Å². The van der Waals surface area contributed by atoms with Crippen molar-refractivity contribution in [1.29, 1.82) is 0 Å². The zero-order valence-corrected chi connectivity index (χ0v) is 11.0. The van der Waals surface area contributed by atoms with Crippen LogP contribution in [0.15, 0.2) is 12.2 Å². The standard InChI is InChI=1S/C15H23NO/c1-4-7-16-14-6-5-12(14)13-8-11(10(2)3)9-15(13)17/h5-6,10-17H,8-9H2,1-3H3. The molecular formula is C15H23NO. The summed E-state index contributed by atoms with van der Waals surface area (Å²) < 4.78 is 0. The number of rotatable bonds is 3. The lowest BCUT2D eigenvalue weighted by Crippen LogP contribution is -2.42. The molecule has 0 aromatic rings. The molecule has 2 heteroatoms. The van der Waals surface area contributed by atoms with Gasteiger partial charge in [0.05, 0.1) is 12.1 Å². The Morgan fingerprint density at radius 1 is 1.29 bits per heavy atom. The predicted molar refractivity (Wildman–Crippen MR) is 70.1 cm³/mol. The van der Waals surface area contributed by atoms with Gasteiger partial charge in [0.2, 0.25) is 0 Å². The number of aliphatic hydroxyl groups is 1. The minimum atomic E-state index is -0.128. The molecule has 17 heavy (non-hydrogen) atoms. The second kappa shape index (κ2) is 5.14. The summed E-state index contributed by atoms with van der Waals surface area (Å²) in [6, 6.07) is 3.26. The normalized spacial score (nSPS) is 39.7. The van der Waals surface area contributed by atoms with Gasteiger partial charge in [0.15, 0.2) is 0 Å². The van der Waals surface area contributed by atoms with Crippen molar-refractivity contribution in [2.24, 2.45) is 23.7 Å². The van der Waals surface area contributed by atoms with E-state index in [4.69, 9.17) is 0 Å². The summed E-state index contributed by atoms with van der Waals surface area (Å²) in [7, 11) is 0. The maximum Gasteiger partial charge on any atom is 0.0587 e. The van der Waals surface area contributed by atoms with E-state index in [0.29, 0.717) is 29.7 Å². The van der Waals surface area contributed by atoms with Crippen LogP contribution in [0.1, 0.15) is 33.6 Å². The van der Waals surface area contributed by atoms with Crippen LogP contribution >= 0.6 is 0 Å². The highest BCUT2D eigenvalue weighted by molar-refractivity contribution is 5.19. The molecule has 2 aliphatic carbocycles. The third-order valence-electron chi connectivity index (χ3n) is 4.37. The van der Waals surface area contributed by atoms with Crippen LogP contribution < -0.4 is 5.32 Å². The molecule has 1 fully saturated rings. The van der Waals surface area contributed by atoms with Gasteiger partial charge in [-0.05, 0) is 37.5 Å². The zero-order chi connectivity index (χ0) is 12.4. The Morgan fingerprint density at radius 3 is 2.53 bits per heavy atom. The summed E-state index contributed by atoms with van der Waals surface area (Å²) >= 11 is 0. The molecule has 0 saturated heterocycles. The van der Waals surface area contributed by atoms with E-state index in [1.165, 1.54) is 0 Å². The Hall–Kier alpha value is -0.940. The second-order valence-corrected chi connectivity index (χ2v) is 5.71. The molecule has 0 amide bonds. The third-order valence-corrected chi connectivity index (χ3v) is 4.37. The van der Waals surface area contributed by atoms with Crippen LogP contribution in [0.3, 0.4) is 0 Å². The van der Waals surface area contributed by atoms with Gasteiger partial charge < -0.3 is 10.4 Å². The van der Waals surface area contributed by atoms with E-state index in [1.54, 1.807) is 0 Å². The predicted octanol–water partition coefficient (Wildman–Crippen LogP) is 2.15. The summed E-state index contributed by atoms with van der Waals surface area (Å²) in [5.74, 6) is 5.11. The van der Waals surface area contributed by atoms with E-state index in [0.717, 1.165) is 12.8 Å². The zero-order valence-electron chi connectivity index (χ0n) is 11.0. The van der Waals surface area contributed by atoms with Crippen LogP contribution in [0.25, 0.3) is 0 Å². The molecule has 2 rings (SSSR count). The topological polar surface area (TPSA) is 32.3 Å². The fraction of sp³-hybridized carbons (Fsp3) is 0.733. The summed E-state index contributed by atoms with van der Waals surface area (Å²) in [6.07, 6.45) is 6.39. The molecule has 5 atom stereocenters. The summed E-state index contributed by atoms with van der Waals surface area (Å²) in [5, 5.41) is 13.4. The Labute approximate surface area is 104 Å². The Kier molecular flexibility index (Phi) is 3.79. The molecule has 0 aliphatic heterocycles. The monoisotopic (exact) mass is 233 g/mol. The van der Waals surface area contributed by atoms with Crippen molar-refractivity contribution < 1.29 is 5.11 Å². The van der Waals surface area contributed by atoms with Crippen LogP contribution in [0.2, 0.25) is 0 Å². The molecule has 2 nitrogen and oxygen atoms in total. The molecule has 0 spiro atoms. The first-order valence-corrected chi connectivity index (χ1v) is 6.67. The van der Waals surface area contributed by atoms with Gasteiger partial charge in [-0.15, -0.1) is 0 Å². The van der Waals surface area contributed by atoms with Gasteiger partial charge in [0.1, 0.15) is 0 Å². The Morgan fingerprint density at radius 2 is 2.06 bits per heavy atom. The van der Waals surface area contributed by atoms with Gasteiger partial charge in [0, 0.05) is 12.0 Å². The van der Waals surface area contributed by atoms with Crippen LogP contribution in [0, 0.1) is 35.6 Å². The van der Waals surface area contributed by atoms with Crippen molar-refractivity contribution in [3.8, 4) is 12.0 Å². The largest absolute Gasteiger partial charge is 0.393 e. The molecule has 0 aromatic carbocycles. The molecule has 1 saturated carbocycles. The molecule has 2 aliphatic rings. The number of hydrogen-bond donors (Lipinski definition) is 2. The van der Waals surface area contributed by atoms with E-state index in [-0.39, 0.29) is 6.10 Å². The number of aliphatic hydroxyl groups excluding tert-OH is 1. The minimum Gasteiger partial charge on any atom is -0.393 e. The average molecular weight is 233 g/mol. The first kappa shape index (κ1) is 12.5. The average Bonchev–Trinajstić information content (AvgIpc) is 2.60. The first-order valence-electron chi connectivity index (χ1n) is 6.67. The second-order valence-electron chi connectivity index (χ2n) is 5.71. The number of hydrogen-bond acceptors (Lipinski definition) is 2. The molecule has 0 heterocycles. The molecule has 94 valence electrons. The van der Waals surface area contributed by atoms with Crippen LogP contribution in [0.5, 0.6) is 0 Å². The molecule has 0 aromatic heterocycles. The van der Waals surface area contributed by atoms with Gasteiger partial charge in [-0.25, -0.2) is 0 Å². The van der Waals surface area contributed by atoms with Crippen molar-refractivity contribution in [1.82, 2.24) is 5.32 Å². The molecule has 0 radical (unpaired) electrons. The third kappa shape index (κ3) is 2.50. The van der Waals surface area contributed by atoms with E-state index < -0.39 is 0 Å². The number of nitrogens with one attached hydrogen (secondary N) is 1. The minimum absolute atomic E-state index is 0.128. The summed E-state index contributed by atoms with van der Waals surface area (Å²) in [5.41, 5.74) is 0. The smallest absolute Gasteiger partial charge is 0.0587 e. The van der Waals surface area contributed by atoms with Crippen molar-refractivity contribution in [3.63, 3.8) is 0 Å². The molecule has 0 bridgehead atoms. The lowest BCUT2D eigenvalue weighted by molar-refractivity contribution is 0.0988. The molecule has 5 unspecified atom stereocenters. The van der Waals surface area contributed by atoms with E-state index >= 15 is 0 Å². The summed E-state index contributed by atoms with van der Waals surface area (Å²) in [6.45, 7) is 6.35. The molecular weight excluding hydrogens is 210 g/mol. The highest BCUT2D eigenvalue weighted by Crippen LogP contribution is 2.43. The quantitative estimate of drug-likeness (QED) is 0.445. The lowest BCUT2D eigenvalue weighted by atomic mass is 9.76. The van der Waals surface area contributed by atoms with Gasteiger partial charge >= 0.3 is 0 Å². The van der Waals surface area contributed by atoms with Crippen molar-refractivity contribution in [3.05, 3.63) is 12.2 Å². The van der Waals surface area contributed by atoms with Crippen molar-refractivity contribution >= 4 is 0 Å². The summed E-state index contributed by atoms with van der Waals surface area (Å²) in [4.78, 5) is 0. The molecule has 2 N–H and O–H groups in total. The Bertz CT molecular complexity index is 350. The van der Waals surface area contributed by atoms with Crippen molar-refractivity contribution in [2.45, 2.75) is 45.8 Å². The van der Waals surface area contributed by atoms with Crippen LogP contribution in [0.4, 0.5) is 0 Å². The maximum absolute atomic E-state index is 10.2. The fourth-order valence-corrected chi connectivity index (χ4v) is 3.11. The highest BCUT2D eigenvalue weighted by Gasteiger charge is 2.42. The van der Waals surface area contributed by atoms with E-state index in [9.17, 15) is 5.11 Å². The van der Waals surface area contributed by atoms with Gasteiger partial charge in [0.25, 0.3) is 0 Å². The van der Waals surface area contributed by atoms with Gasteiger partial charge in [-0.3, -0.25) is 0 Å². The first-order chi connectivity index (χ1) is 8.13. The SMILES string of the molecule is CC#CNC1C=CC1C1CC(C(C)C)CC1O. The van der Waals surface area contributed by atoms with Crippen LogP contribution in [-0.2, 0) is 0 Å². The lowest BCUT2D eigenvalue weighted by Gasteiger charge is -2.35. The highest BCUT2D eigenvalue weighted by atomic mass is 16.3. The van der Waals surface area contributed by atoms with Crippen molar-refractivity contribution in [2.75, 3.05) is 0 Å². The van der Waals surface area contributed by atoms with Gasteiger partial charge in [-0.1, -0.05) is 31.9 Å².